The van der Waals surface area contributed by atoms with Crippen molar-refractivity contribution in [1.82, 2.24) is 0 Å². The molecular formula is C22H26N2O4. The van der Waals surface area contributed by atoms with Gasteiger partial charge in [0.25, 0.3) is 0 Å². The van der Waals surface area contributed by atoms with E-state index in [1.165, 1.54) is 13.2 Å². The Labute approximate surface area is 165 Å². The standard InChI is InChI=1S/C22H26N2O4/c1-13(2)17-10-7-11-18(14(3)4)19(17)24-21(26)20(25)23-16-9-6-8-15(12-16)22(27)28-5/h6-14H,1-5H3,(H,23,25)(H,24,26). The lowest BCUT2D eigenvalue weighted by Gasteiger charge is -2.20. The molecule has 0 bridgehead atoms. The monoisotopic (exact) mass is 382 g/mol. The van der Waals surface area contributed by atoms with Crippen LogP contribution < -0.4 is 10.6 Å². The maximum atomic E-state index is 12.5. The van der Waals surface area contributed by atoms with E-state index in [1.807, 2.05) is 45.9 Å². The van der Waals surface area contributed by atoms with E-state index in [1.54, 1.807) is 18.2 Å². The van der Waals surface area contributed by atoms with E-state index in [-0.39, 0.29) is 17.4 Å². The van der Waals surface area contributed by atoms with Crippen molar-refractivity contribution in [2.75, 3.05) is 17.7 Å². The normalized spacial score (nSPS) is 10.7. The number of esters is 1. The molecule has 0 fully saturated rings. The molecule has 0 saturated heterocycles. The minimum absolute atomic E-state index is 0.189. The van der Waals surface area contributed by atoms with Crippen molar-refractivity contribution in [2.24, 2.45) is 0 Å². The van der Waals surface area contributed by atoms with Crippen LogP contribution in [0.5, 0.6) is 0 Å². The number of para-hydroxylation sites is 1. The predicted molar refractivity (Wildman–Crippen MR) is 110 cm³/mol. The van der Waals surface area contributed by atoms with Gasteiger partial charge in [0, 0.05) is 11.4 Å². The summed E-state index contributed by atoms with van der Waals surface area (Å²) in [6.07, 6.45) is 0. The van der Waals surface area contributed by atoms with Gasteiger partial charge >= 0.3 is 17.8 Å². The Balaban J connectivity index is 2.22. The van der Waals surface area contributed by atoms with Crippen LogP contribution in [-0.4, -0.2) is 24.9 Å². The summed E-state index contributed by atoms with van der Waals surface area (Å²) in [6.45, 7) is 8.14. The SMILES string of the molecule is COC(=O)c1cccc(NC(=O)C(=O)Nc2c(C(C)C)cccc2C(C)C)c1. The van der Waals surface area contributed by atoms with Crippen LogP contribution in [0.2, 0.25) is 0 Å². The molecule has 28 heavy (non-hydrogen) atoms. The van der Waals surface area contributed by atoms with Crippen LogP contribution >= 0.6 is 0 Å². The Morgan fingerprint density at radius 2 is 1.36 bits per heavy atom. The van der Waals surface area contributed by atoms with Crippen molar-refractivity contribution in [1.29, 1.82) is 0 Å². The lowest BCUT2D eigenvalue weighted by atomic mass is 9.92. The summed E-state index contributed by atoms with van der Waals surface area (Å²) in [4.78, 5) is 36.5. The zero-order valence-electron chi connectivity index (χ0n) is 16.8. The summed E-state index contributed by atoms with van der Waals surface area (Å²) < 4.78 is 4.66. The van der Waals surface area contributed by atoms with Gasteiger partial charge in [-0.15, -0.1) is 0 Å². The van der Waals surface area contributed by atoms with Gasteiger partial charge in [0.1, 0.15) is 0 Å². The molecule has 0 saturated carbocycles. The van der Waals surface area contributed by atoms with Gasteiger partial charge in [0.2, 0.25) is 0 Å². The van der Waals surface area contributed by atoms with E-state index in [9.17, 15) is 14.4 Å². The zero-order valence-corrected chi connectivity index (χ0v) is 16.8. The van der Waals surface area contributed by atoms with Gasteiger partial charge in [-0.1, -0.05) is 52.0 Å². The lowest BCUT2D eigenvalue weighted by molar-refractivity contribution is -0.133. The van der Waals surface area contributed by atoms with E-state index in [4.69, 9.17) is 0 Å². The second kappa shape index (κ2) is 9.17. The molecule has 0 heterocycles. The van der Waals surface area contributed by atoms with Gasteiger partial charge in [-0.2, -0.15) is 0 Å². The van der Waals surface area contributed by atoms with Crippen LogP contribution in [0.1, 0.15) is 61.0 Å². The second-order valence-corrected chi connectivity index (χ2v) is 7.10. The molecule has 6 nitrogen and oxygen atoms in total. The maximum absolute atomic E-state index is 12.5. The summed E-state index contributed by atoms with van der Waals surface area (Å²) in [5.74, 6) is -1.72. The van der Waals surface area contributed by atoms with Crippen molar-refractivity contribution < 1.29 is 19.1 Å². The average molecular weight is 382 g/mol. The number of amides is 2. The highest BCUT2D eigenvalue weighted by Crippen LogP contribution is 2.32. The molecule has 2 aromatic carbocycles. The van der Waals surface area contributed by atoms with Crippen LogP contribution in [0, 0.1) is 0 Å². The van der Waals surface area contributed by atoms with Crippen LogP contribution in [0.25, 0.3) is 0 Å². The molecule has 2 N–H and O–H groups in total. The molecule has 148 valence electrons. The van der Waals surface area contributed by atoms with E-state index < -0.39 is 17.8 Å². The fourth-order valence-corrected chi connectivity index (χ4v) is 2.90. The third kappa shape index (κ3) is 4.97. The van der Waals surface area contributed by atoms with Crippen molar-refractivity contribution in [3.8, 4) is 0 Å². The van der Waals surface area contributed by atoms with Crippen molar-refractivity contribution >= 4 is 29.2 Å². The number of rotatable bonds is 5. The number of benzene rings is 2. The lowest BCUT2D eigenvalue weighted by Crippen LogP contribution is -2.30. The quantitative estimate of drug-likeness (QED) is 0.596. The van der Waals surface area contributed by atoms with Gasteiger partial charge in [0.15, 0.2) is 0 Å². The summed E-state index contributed by atoms with van der Waals surface area (Å²) in [6, 6.07) is 12.1. The fraction of sp³-hybridized carbons (Fsp3) is 0.318. The van der Waals surface area contributed by atoms with E-state index in [2.05, 4.69) is 15.4 Å². The predicted octanol–water partition coefficient (Wildman–Crippen LogP) is 4.30. The highest BCUT2D eigenvalue weighted by molar-refractivity contribution is 6.43. The number of nitrogens with one attached hydrogen (secondary N) is 2. The summed E-state index contributed by atoms with van der Waals surface area (Å²) in [5.41, 5.74) is 3.24. The Morgan fingerprint density at radius 3 is 1.89 bits per heavy atom. The third-order valence-electron chi connectivity index (χ3n) is 4.36. The molecule has 6 heteroatoms. The van der Waals surface area contributed by atoms with E-state index in [0.717, 1.165) is 11.1 Å². The first-order valence-corrected chi connectivity index (χ1v) is 9.18. The van der Waals surface area contributed by atoms with E-state index >= 15 is 0 Å². The van der Waals surface area contributed by atoms with Crippen LogP contribution in [-0.2, 0) is 14.3 Å². The minimum atomic E-state index is -0.810. The molecule has 2 amide bonds. The Bertz CT molecular complexity index is 862. The number of hydrogen-bond donors (Lipinski definition) is 2. The Morgan fingerprint density at radius 1 is 0.821 bits per heavy atom. The van der Waals surface area contributed by atoms with E-state index in [0.29, 0.717) is 11.4 Å². The maximum Gasteiger partial charge on any atom is 0.337 e. The largest absolute Gasteiger partial charge is 0.465 e. The third-order valence-corrected chi connectivity index (χ3v) is 4.36. The highest BCUT2D eigenvalue weighted by Gasteiger charge is 2.20. The molecule has 2 rings (SSSR count). The summed E-state index contributed by atoms with van der Waals surface area (Å²) in [5, 5.41) is 5.29. The first kappa shape index (κ1) is 21.2. The topological polar surface area (TPSA) is 84.5 Å². The molecule has 0 radical (unpaired) electrons. The molecule has 0 atom stereocenters. The minimum Gasteiger partial charge on any atom is -0.465 e. The molecule has 0 unspecified atom stereocenters. The second-order valence-electron chi connectivity index (χ2n) is 7.10. The molecule has 0 aromatic heterocycles. The molecular weight excluding hydrogens is 356 g/mol. The molecule has 2 aromatic rings. The summed E-state index contributed by atoms with van der Waals surface area (Å²) in [7, 11) is 1.28. The first-order valence-electron chi connectivity index (χ1n) is 9.18. The van der Waals surface area contributed by atoms with Gasteiger partial charge in [-0.3, -0.25) is 9.59 Å². The molecule has 0 aliphatic carbocycles. The van der Waals surface area contributed by atoms with Gasteiger partial charge in [-0.25, -0.2) is 4.79 Å². The Kier molecular flexibility index (Phi) is 6.93. The highest BCUT2D eigenvalue weighted by atomic mass is 16.5. The fourth-order valence-electron chi connectivity index (χ4n) is 2.90. The average Bonchev–Trinajstić information content (AvgIpc) is 2.67. The van der Waals surface area contributed by atoms with Gasteiger partial charge in [0.05, 0.1) is 12.7 Å². The van der Waals surface area contributed by atoms with Crippen LogP contribution in [0.4, 0.5) is 11.4 Å². The number of hydrogen-bond acceptors (Lipinski definition) is 4. The summed E-state index contributed by atoms with van der Waals surface area (Å²) >= 11 is 0. The van der Waals surface area contributed by atoms with Crippen molar-refractivity contribution in [2.45, 2.75) is 39.5 Å². The van der Waals surface area contributed by atoms with Gasteiger partial charge in [-0.05, 0) is 41.2 Å². The zero-order chi connectivity index (χ0) is 20.8. The number of anilines is 2. The van der Waals surface area contributed by atoms with Crippen LogP contribution in [0.15, 0.2) is 42.5 Å². The number of methoxy groups -OCH3 is 1. The number of carbonyl (C=O) groups excluding carboxylic acids is 3. The molecule has 0 aliphatic heterocycles. The number of ether oxygens (including phenoxy) is 1. The van der Waals surface area contributed by atoms with Crippen molar-refractivity contribution in [3.63, 3.8) is 0 Å². The first-order chi connectivity index (χ1) is 13.2. The van der Waals surface area contributed by atoms with Crippen LogP contribution in [0.3, 0.4) is 0 Å². The smallest absolute Gasteiger partial charge is 0.337 e. The van der Waals surface area contributed by atoms with Gasteiger partial charge < -0.3 is 15.4 Å². The molecule has 0 aliphatic rings. The molecule has 0 spiro atoms. The Hall–Kier alpha value is -3.15. The number of carbonyl (C=O) groups is 3. The van der Waals surface area contributed by atoms with Crippen molar-refractivity contribution in [3.05, 3.63) is 59.2 Å².